The number of thioether (sulfide) groups is 1. The molecule has 25 heavy (non-hydrogen) atoms. The van der Waals surface area contributed by atoms with Crippen molar-refractivity contribution in [2.75, 3.05) is 0 Å². The molecule has 9 heteroatoms. The van der Waals surface area contributed by atoms with Gasteiger partial charge in [-0.15, -0.1) is 0 Å². The predicted octanol–water partition coefficient (Wildman–Crippen LogP) is 5.45. The quantitative estimate of drug-likeness (QED) is 0.414. The Morgan fingerprint density at radius 2 is 1.20 bits per heavy atom. The summed E-state index contributed by atoms with van der Waals surface area (Å²) >= 11 is -0.582. The Labute approximate surface area is 149 Å². The van der Waals surface area contributed by atoms with E-state index in [4.69, 9.17) is 4.55 Å². The molecule has 0 saturated heterocycles. The minimum atomic E-state index is -6.26. The summed E-state index contributed by atoms with van der Waals surface area (Å²) in [6, 6.07) is 4.46. The van der Waals surface area contributed by atoms with Gasteiger partial charge in [-0.1, -0.05) is 47.6 Å². The van der Waals surface area contributed by atoms with Crippen LogP contribution in [-0.4, -0.2) is 23.5 Å². The Balaban J connectivity index is 3.48. The van der Waals surface area contributed by atoms with Crippen LogP contribution in [0.4, 0.5) is 17.6 Å². The van der Waals surface area contributed by atoms with E-state index >= 15 is 0 Å². The van der Waals surface area contributed by atoms with Crippen LogP contribution in [0.2, 0.25) is 0 Å². The zero-order valence-corrected chi connectivity index (χ0v) is 16.5. The van der Waals surface area contributed by atoms with Crippen LogP contribution in [0.3, 0.4) is 0 Å². The second kappa shape index (κ2) is 6.42. The zero-order chi connectivity index (χ0) is 20.1. The summed E-state index contributed by atoms with van der Waals surface area (Å²) in [6.45, 7) is 11.0. The Kier molecular flexibility index (Phi) is 5.71. The third kappa shape index (κ3) is 4.89. The third-order valence-electron chi connectivity index (χ3n) is 3.55. The summed E-state index contributed by atoms with van der Waals surface area (Å²) in [5.41, 5.74) is 0.427. The van der Waals surface area contributed by atoms with E-state index in [2.05, 4.69) is 0 Å². The van der Waals surface area contributed by atoms with E-state index in [0.717, 1.165) is 0 Å². The zero-order valence-electron chi connectivity index (χ0n) is 14.8. The molecule has 0 unspecified atom stereocenters. The first-order valence-electron chi connectivity index (χ1n) is 7.37. The molecule has 0 aliphatic rings. The predicted molar refractivity (Wildman–Crippen MR) is 91.1 cm³/mol. The summed E-state index contributed by atoms with van der Waals surface area (Å²) < 4.78 is 84.5. The maximum atomic E-state index is 13.9. The van der Waals surface area contributed by atoms with Gasteiger partial charge in [0.25, 0.3) is 0 Å². The Bertz CT molecular complexity index is 713. The first kappa shape index (κ1) is 22.2. The Morgan fingerprint density at radius 1 is 0.840 bits per heavy atom. The minimum absolute atomic E-state index is 0.203. The molecule has 1 rings (SSSR count). The maximum absolute atomic E-state index is 13.9. The summed E-state index contributed by atoms with van der Waals surface area (Å²) in [4.78, 5) is -0.203. The van der Waals surface area contributed by atoms with Crippen molar-refractivity contribution in [2.45, 2.75) is 67.8 Å². The molecule has 0 atom stereocenters. The van der Waals surface area contributed by atoms with Crippen molar-refractivity contribution in [3.8, 4) is 0 Å². The van der Waals surface area contributed by atoms with Crippen molar-refractivity contribution >= 4 is 21.9 Å². The lowest BCUT2D eigenvalue weighted by Gasteiger charge is -2.28. The molecule has 1 aromatic rings. The topological polar surface area (TPSA) is 54.4 Å². The monoisotopic (exact) mass is 402 g/mol. The van der Waals surface area contributed by atoms with Crippen LogP contribution in [0.15, 0.2) is 23.1 Å². The number of alkyl halides is 4. The molecule has 3 nitrogen and oxygen atoms in total. The maximum Gasteiger partial charge on any atom is 0.442 e. The van der Waals surface area contributed by atoms with Gasteiger partial charge in [-0.3, -0.25) is 4.55 Å². The van der Waals surface area contributed by atoms with E-state index in [-0.39, 0.29) is 4.90 Å². The van der Waals surface area contributed by atoms with Crippen molar-refractivity contribution in [3.63, 3.8) is 0 Å². The van der Waals surface area contributed by atoms with Crippen LogP contribution in [0.5, 0.6) is 0 Å². The van der Waals surface area contributed by atoms with Gasteiger partial charge in [0.15, 0.2) is 0 Å². The van der Waals surface area contributed by atoms with E-state index in [9.17, 15) is 26.0 Å². The summed E-state index contributed by atoms with van der Waals surface area (Å²) in [7, 11) is -6.26. The van der Waals surface area contributed by atoms with Gasteiger partial charge in [0.2, 0.25) is 0 Å². The Morgan fingerprint density at radius 3 is 1.48 bits per heavy atom. The molecule has 0 bridgehead atoms. The highest BCUT2D eigenvalue weighted by molar-refractivity contribution is 8.01. The van der Waals surface area contributed by atoms with Gasteiger partial charge in [-0.25, -0.2) is 0 Å². The summed E-state index contributed by atoms with van der Waals surface area (Å²) in [5.74, 6) is 0. The van der Waals surface area contributed by atoms with Gasteiger partial charge in [-0.05, 0) is 45.9 Å². The van der Waals surface area contributed by atoms with Crippen LogP contribution < -0.4 is 0 Å². The van der Waals surface area contributed by atoms with Crippen LogP contribution in [0.25, 0.3) is 0 Å². The van der Waals surface area contributed by atoms with Gasteiger partial charge in [0, 0.05) is 4.90 Å². The van der Waals surface area contributed by atoms with Crippen molar-refractivity contribution in [1.29, 1.82) is 0 Å². The molecule has 0 radical (unpaired) electrons. The highest BCUT2D eigenvalue weighted by Gasteiger charge is 2.66. The van der Waals surface area contributed by atoms with Crippen molar-refractivity contribution < 1.29 is 30.5 Å². The molecule has 0 aliphatic carbocycles. The first-order valence-corrected chi connectivity index (χ1v) is 9.62. The SMILES string of the molecule is CC(C)(C)c1cc(SC(F)(F)C(F)(F)S(=O)(=O)O)cc(C(C)(C)C)c1. The summed E-state index contributed by atoms with van der Waals surface area (Å²) in [6.07, 6.45) is 0. The fourth-order valence-electron chi connectivity index (χ4n) is 1.88. The molecule has 0 heterocycles. The molecule has 0 aromatic heterocycles. The largest absolute Gasteiger partial charge is 0.442 e. The number of benzene rings is 1. The fraction of sp³-hybridized carbons (Fsp3) is 0.625. The molecular formula is C16H22F4O3S2. The molecule has 1 N–H and O–H groups in total. The van der Waals surface area contributed by atoms with Crippen molar-refractivity contribution in [2.24, 2.45) is 0 Å². The van der Waals surface area contributed by atoms with Crippen LogP contribution in [-0.2, 0) is 20.9 Å². The molecule has 0 amide bonds. The standard InChI is InChI=1S/C16H22F4O3S2/c1-13(2,3)10-7-11(14(4,5)6)9-12(8-10)24-15(17,18)16(19,20)25(21,22)23/h7-9H,1-6H3,(H,21,22,23). The van der Waals surface area contributed by atoms with E-state index in [0.29, 0.717) is 11.1 Å². The third-order valence-corrected chi connectivity index (χ3v) is 5.57. The average Bonchev–Trinajstić information content (AvgIpc) is 2.34. The van der Waals surface area contributed by atoms with Crippen molar-refractivity contribution in [1.82, 2.24) is 0 Å². The lowest BCUT2D eigenvalue weighted by Crippen LogP contribution is -2.44. The van der Waals surface area contributed by atoms with Crippen LogP contribution in [0.1, 0.15) is 52.7 Å². The molecule has 0 spiro atoms. The van der Waals surface area contributed by atoms with E-state index in [1.54, 1.807) is 0 Å². The molecular weight excluding hydrogens is 380 g/mol. The summed E-state index contributed by atoms with van der Waals surface area (Å²) in [5, 5.41) is -10.6. The second-order valence-electron chi connectivity index (χ2n) is 7.86. The molecule has 144 valence electrons. The second-order valence-corrected chi connectivity index (χ2v) is 10.5. The number of hydrogen-bond donors (Lipinski definition) is 1. The van der Waals surface area contributed by atoms with Gasteiger partial charge in [0.1, 0.15) is 0 Å². The smallest absolute Gasteiger partial charge is 0.281 e. The normalized spacial score (nSPS) is 14.7. The highest BCUT2D eigenvalue weighted by atomic mass is 32.2. The molecule has 0 fully saturated rings. The number of hydrogen-bond acceptors (Lipinski definition) is 3. The van der Waals surface area contributed by atoms with E-state index in [1.165, 1.54) is 12.1 Å². The minimum Gasteiger partial charge on any atom is -0.281 e. The first-order chi connectivity index (χ1) is 10.8. The van der Waals surface area contributed by atoms with Gasteiger partial charge in [0.05, 0.1) is 0 Å². The lowest BCUT2D eigenvalue weighted by atomic mass is 9.81. The van der Waals surface area contributed by atoms with Crippen molar-refractivity contribution in [3.05, 3.63) is 29.3 Å². The molecule has 0 aliphatic heterocycles. The van der Waals surface area contributed by atoms with Gasteiger partial charge in [-0.2, -0.15) is 26.0 Å². The van der Waals surface area contributed by atoms with Gasteiger partial charge >= 0.3 is 20.6 Å². The lowest BCUT2D eigenvalue weighted by molar-refractivity contribution is -0.0946. The van der Waals surface area contributed by atoms with E-state index in [1.807, 2.05) is 47.6 Å². The number of halogens is 4. The molecule has 0 saturated carbocycles. The van der Waals surface area contributed by atoms with Crippen LogP contribution in [0, 0.1) is 0 Å². The Hall–Kier alpha value is -0.800. The fourth-order valence-corrected chi connectivity index (χ4v) is 3.41. The number of rotatable bonds is 4. The van der Waals surface area contributed by atoms with Crippen LogP contribution >= 0.6 is 11.8 Å². The average molecular weight is 402 g/mol. The molecule has 1 aromatic carbocycles. The van der Waals surface area contributed by atoms with Gasteiger partial charge < -0.3 is 0 Å². The van der Waals surface area contributed by atoms with E-state index < -0.39 is 43.2 Å². The highest BCUT2D eigenvalue weighted by Crippen LogP contribution is 2.50.